The van der Waals surface area contributed by atoms with Crippen LogP contribution in [-0.4, -0.2) is 0 Å². The average molecular weight is 278 g/mol. The first-order chi connectivity index (χ1) is 9.19. The minimum Gasteiger partial charge on any atom is -0.321 e. The summed E-state index contributed by atoms with van der Waals surface area (Å²) in [7, 11) is 0. The Morgan fingerprint density at radius 1 is 1.00 bits per heavy atom. The molecule has 0 aliphatic heterocycles. The lowest BCUT2D eigenvalue weighted by molar-refractivity contribution is 0.441. The van der Waals surface area contributed by atoms with Crippen LogP contribution in [0.4, 0.5) is 0 Å². The quantitative estimate of drug-likeness (QED) is 0.798. The van der Waals surface area contributed by atoms with Crippen LogP contribution in [0.2, 0.25) is 5.02 Å². The minimum absolute atomic E-state index is 0.116. The summed E-state index contributed by atoms with van der Waals surface area (Å²) in [6, 6.07) is 6.64. The van der Waals surface area contributed by atoms with Gasteiger partial charge in [-0.25, -0.2) is 0 Å². The second-order valence-electron chi connectivity index (χ2n) is 6.43. The SMILES string of the molecule is NC1(c2ccc(C3CCCCC3)c(Cl)c2)CCCC1. The van der Waals surface area contributed by atoms with Crippen molar-refractivity contribution >= 4 is 11.6 Å². The molecule has 2 aliphatic rings. The molecule has 2 saturated carbocycles. The van der Waals surface area contributed by atoms with Gasteiger partial charge in [0, 0.05) is 10.6 Å². The van der Waals surface area contributed by atoms with Crippen molar-refractivity contribution in [3.05, 3.63) is 34.3 Å². The highest BCUT2D eigenvalue weighted by Crippen LogP contribution is 2.41. The number of hydrogen-bond donors (Lipinski definition) is 1. The first-order valence-electron chi connectivity index (χ1n) is 7.78. The fourth-order valence-corrected chi connectivity index (χ4v) is 4.21. The van der Waals surface area contributed by atoms with E-state index in [0.717, 1.165) is 17.9 Å². The molecule has 0 saturated heterocycles. The Labute approximate surface area is 121 Å². The zero-order valence-corrected chi connectivity index (χ0v) is 12.4. The lowest BCUT2D eigenvalue weighted by Crippen LogP contribution is -2.33. The van der Waals surface area contributed by atoms with Crippen molar-refractivity contribution in [1.82, 2.24) is 0 Å². The molecule has 1 nitrogen and oxygen atoms in total. The molecule has 1 aromatic rings. The van der Waals surface area contributed by atoms with E-state index in [2.05, 4.69) is 18.2 Å². The number of benzene rings is 1. The van der Waals surface area contributed by atoms with E-state index >= 15 is 0 Å². The van der Waals surface area contributed by atoms with Gasteiger partial charge in [0.2, 0.25) is 0 Å². The zero-order valence-electron chi connectivity index (χ0n) is 11.6. The standard InChI is InChI=1S/C17H24ClN/c18-16-12-14(17(19)10-4-5-11-17)8-9-15(16)13-6-2-1-3-7-13/h8-9,12-13H,1-7,10-11,19H2. The number of hydrogen-bond acceptors (Lipinski definition) is 1. The molecule has 0 unspecified atom stereocenters. The van der Waals surface area contributed by atoms with Gasteiger partial charge in [0.25, 0.3) is 0 Å². The normalized spacial score (nSPS) is 23.7. The summed E-state index contributed by atoms with van der Waals surface area (Å²) in [6.45, 7) is 0. The topological polar surface area (TPSA) is 26.0 Å². The maximum absolute atomic E-state index is 6.55. The van der Waals surface area contributed by atoms with Crippen LogP contribution in [0.15, 0.2) is 18.2 Å². The second-order valence-corrected chi connectivity index (χ2v) is 6.84. The zero-order chi connectivity index (χ0) is 13.3. The number of rotatable bonds is 2. The first kappa shape index (κ1) is 13.5. The molecule has 0 atom stereocenters. The van der Waals surface area contributed by atoms with Gasteiger partial charge in [-0.05, 0) is 48.8 Å². The van der Waals surface area contributed by atoms with Gasteiger partial charge < -0.3 is 5.73 Å². The van der Waals surface area contributed by atoms with Gasteiger partial charge in [0.05, 0.1) is 0 Å². The van der Waals surface area contributed by atoms with Crippen molar-refractivity contribution in [3.63, 3.8) is 0 Å². The van der Waals surface area contributed by atoms with Crippen molar-refractivity contribution in [2.24, 2.45) is 5.73 Å². The van der Waals surface area contributed by atoms with Crippen LogP contribution in [0.1, 0.15) is 74.8 Å². The Hall–Kier alpha value is -0.530. The van der Waals surface area contributed by atoms with Crippen LogP contribution in [0, 0.1) is 0 Å². The van der Waals surface area contributed by atoms with Crippen LogP contribution in [0.5, 0.6) is 0 Å². The summed E-state index contributed by atoms with van der Waals surface area (Å²) in [6.07, 6.45) is 11.4. The van der Waals surface area contributed by atoms with E-state index in [0.29, 0.717) is 5.92 Å². The minimum atomic E-state index is -0.116. The molecule has 3 rings (SSSR count). The van der Waals surface area contributed by atoms with Gasteiger partial charge in [-0.2, -0.15) is 0 Å². The third-order valence-corrected chi connectivity index (χ3v) is 5.44. The summed E-state index contributed by atoms with van der Waals surface area (Å²) in [5, 5.41) is 0.945. The van der Waals surface area contributed by atoms with Gasteiger partial charge in [-0.1, -0.05) is 55.8 Å². The number of halogens is 1. The molecule has 19 heavy (non-hydrogen) atoms. The summed E-state index contributed by atoms with van der Waals surface area (Å²) >= 11 is 6.55. The molecule has 0 radical (unpaired) electrons. The smallest absolute Gasteiger partial charge is 0.0444 e. The molecule has 0 heterocycles. The highest BCUT2D eigenvalue weighted by molar-refractivity contribution is 6.31. The van der Waals surface area contributed by atoms with Crippen LogP contribution in [0.3, 0.4) is 0 Å². The Bertz CT molecular complexity index is 443. The molecular formula is C17H24ClN. The van der Waals surface area contributed by atoms with Crippen LogP contribution < -0.4 is 5.73 Å². The van der Waals surface area contributed by atoms with Gasteiger partial charge >= 0.3 is 0 Å². The van der Waals surface area contributed by atoms with Crippen molar-refractivity contribution in [2.45, 2.75) is 69.2 Å². The largest absolute Gasteiger partial charge is 0.321 e. The van der Waals surface area contributed by atoms with Gasteiger partial charge in [0.1, 0.15) is 0 Å². The molecule has 104 valence electrons. The fourth-order valence-electron chi connectivity index (χ4n) is 3.88. The molecule has 0 amide bonds. The van der Waals surface area contributed by atoms with E-state index in [9.17, 15) is 0 Å². The number of nitrogens with two attached hydrogens (primary N) is 1. The Morgan fingerprint density at radius 2 is 1.68 bits per heavy atom. The second kappa shape index (κ2) is 5.46. The van der Waals surface area contributed by atoms with E-state index < -0.39 is 0 Å². The molecule has 2 heteroatoms. The van der Waals surface area contributed by atoms with E-state index in [1.807, 2.05) is 0 Å². The monoisotopic (exact) mass is 277 g/mol. The van der Waals surface area contributed by atoms with Crippen LogP contribution in [-0.2, 0) is 5.54 Å². The van der Waals surface area contributed by atoms with E-state index in [4.69, 9.17) is 17.3 Å². The van der Waals surface area contributed by atoms with Gasteiger partial charge in [-0.15, -0.1) is 0 Å². The predicted octanol–water partition coefficient (Wildman–Crippen LogP) is 5.12. The molecule has 0 aromatic heterocycles. The van der Waals surface area contributed by atoms with Crippen LogP contribution in [0.25, 0.3) is 0 Å². The molecule has 0 bridgehead atoms. The third-order valence-electron chi connectivity index (χ3n) is 5.12. The Kier molecular flexibility index (Phi) is 3.86. The third kappa shape index (κ3) is 2.68. The molecule has 1 aromatic carbocycles. The summed E-state index contributed by atoms with van der Waals surface area (Å²) in [5.41, 5.74) is 9.00. The molecule has 0 spiro atoms. The fraction of sp³-hybridized carbons (Fsp3) is 0.647. The van der Waals surface area contributed by atoms with Gasteiger partial charge in [-0.3, -0.25) is 0 Å². The maximum Gasteiger partial charge on any atom is 0.0444 e. The highest BCUT2D eigenvalue weighted by atomic mass is 35.5. The summed E-state index contributed by atoms with van der Waals surface area (Å²) in [5.74, 6) is 0.674. The molecule has 2 fully saturated rings. The summed E-state index contributed by atoms with van der Waals surface area (Å²) in [4.78, 5) is 0. The van der Waals surface area contributed by atoms with E-state index in [-0.39, 0.29) is 5.54 Å². The van der Waals surface area contributed by atoms with Gasteiger partial charge in [0.15, 0.2) is 0 Å². The average Bonchev–Trinajstić information content (AvgIpc) is 2.88. The highest BCUT2D eigenvalue weighted by Gasteiger charge is 2.31. The predicted molar refractivity (Wildman–Crippen MR) is 81.6 cm³/mol. The molecular weight excluding hydrogens is 254 g/mol. The Morgan fingerprint density at radius 3 is 2.32 bits per heavy atom. The molecule has 2 aliphatic carbocycles. The van der Waals surface area contributed by atoms with Crippen molar-refractivity contribution < 1.29 is 0 Å². The lowest BCUT2D eigenvalue weighted by atomic mass is 9.82. The van der Waals surface area contributed by atoms with Crippen molar-refractivity contribution in [3.8, 4) is 0 Å². The Balaban J connectivity index is 1.85. The lowest BCUT2D eigenvalue weighted by Gasteiger charge is -2.27. The van der Waals surface area contributed by atoms with Crippen LogP contribution >= 0.6 is 11.6 Å². The maximum atomic E-state index is 6.55. The van der Waals surface area contributed by atoms with Crippen molar-refractivity contribution in [2.75, 3.05) is 0 Å². The van der Waals surface area contributed by atoms with E-state index in [1.165, 1.54) is 56.1 Å². The van der Waals surface area contributed by atoms with Crippen molar-refractivity contribution in [1.29, 1.82) is 0 Å². The summed E-state index contributed by atoms with van der Waals surface area (Å²) < 4.78 is 0. The van der Waals surface area contributed by atoms with E-state index in [1.54, 1.807) is 0 Å². The molecule has 2 N–H and O–H groups in total. The first-order valence-corrected chi connectivity index (χ1v) is 8.16.